The van der Waals surface area contributed by atoms with E-state index in [9.17, 15) is 31.1 Å². The first-order chi connectivity index (χ1) is 15.1. The van der Waals surface area contributed by atoms with Crippen molar-refractivity contribution < 1.29 is 31.1 Å². The van der Waals surface area contributed by atoms with Crippen molar-refractivity contribution >= 4 is 55.8 Å². The first kappa shape index (κ1) is 25.4. The van der Waals surface area contributed by atoms with Gasteiger partial charge in [-0.25, -0.2) is 4.98 Å². The highest BCUT2D eigenvalue weighted by atomic mass is 35.5. The van der Waals surface area contributed by atoms with Gasteiger partial charge in [0.2, 0.25) is 0 Å². The largest absolute Gasteiger partial charge is 0.439 e. The Morgan fingerprint density at radius 2 is 1.64 bits per heavy atom. The molecule has 13 heteroatoms. The molecule has 0 radical (unpaired) electrons. The molecule has 0 unspecified atom stereocenters. The molecular formula is C20H15Cl2F6N3OS. The Morgan fingerprint density at radius 3 is 2.18 bits per heavy atom. The summed E-state index contributed by atoms with van der Waals surface area (Å²) in [4.78, 5) is 16.3. The minimum Gasteiger partial charge on any atom is -0.324 e. The van der Waals surface area contributed by atoms with Crippen LogP contribution in [0.4, 0.5) is 31.5 Å². The summed E-state index contributed by atoms with van der Waals surface area (Å²) in [7, 11) is 0. The van der Waals surface area contributed by atoms with Crippen LogP contribution in [0.2, 0.25) is 10.0 Å². The summed E-state index contributed by atoms with van der Waals surface area (Å²) >= 11 is 12.1. The SMILES string of the molecule is CC(C)c1ccc2nc(NC(NC(=O)c3ccc(Cl)cc3Cl)(C(F)(F)F)C(F)(F)F)sc2c1. The van der Waals surface area contributed by atoms with Gasteiger partial charge in [-0.1, -0.05) is 54.5 Å². The summed E-state index contributed by atoms with van der Waals surface area (Å²) in [5.41, 5.74) is -4.42. The molecule has 1 heterocycles. The van der Waals surface area contributed by atoms with Gasteiger partial charge in [-0.3, -0.25) is 4.79 Å². The molecule has 1 amide bonds. The quantitative estimate of drug-likeness (QED) is 0.267. The Morgan fingerprint density at radius 1 is 1.00 bits per heavy atom. The summed E-state index contributed by atoms with van der Waals surface area (Å²) in [6, 6.07) is 7.87. The van der Waals surface area contributed by atoms with Gasteiger partial charge in [-0.2, -0.15) is 26.3 Å². The van der Waals surface area contributed by atoms with Crippen LogP contribution in [0.3, 0.4) is 0 Å². The van der Waals surface area contributed by atoms with Gasteiger partial charge < -0.3 is 10.6 Å². The lowest BCUT2D eigenvalue weighted by Crippen LogP contribution is -2.72. The van der Waals surface area contributed by atoms with Crippen LogP contribution in [-0.4, -0.2) is 28.9 Å². The lowest BCUT2D eigenvalue weighted by molar-refractivity contribution is -0.294. The molecule has 0 atom stereocenters. The van der Waals surface area contributed by atoms with Crippen molar-refractivity contribution in [3.8, 4) is 0 Å². The summed E-state index contributed by atoms with van der Waals surface area (Å²) in [5.74, 6) is -1.62. The topological polar surface area (TPSA) is 54.0 Å². The Labute approximate surface area is 197 Å². The fourth-order valence-corrected chi connectivity index (χ4v) is 4.36. The average molecular weight is 530 g/mol. The van der Waals surface area contributed by atoms with Crippen molar-refractivity contribution in [2.45, 2.75) is 37.8 Å². The fourth-order valence-electron chi connectivity index (χ4n) is 2.90. The second kappa shape index (κ2) is 8.84. The van der Waals surface area contributed by atoms with Gasteiger partial charge in [-0.05, 0) is 41.8 Å². The third-order valence-electron chi connectivity index (χ3n) is 4.70. The van der Waals surface area contributed by atoms with E-state index in [2.05, 4.69) is 4.98 Å². The molecule has 4 nitrogen and oxygen atoms in total. The van der Waals surface area contributed by atoms with E-state index in [1.165, 1.54) is 11.4 Å². The summed E-state index contributed by atoms with van der Waals surface area (Å²) < 4.78 is 84.1. The zero-order valence-electron chi connectivity index (χ0n) is 16.8. The van der Waals surface area contributed by atoms with E-state index in [1.54, 1.807) is 12.1 Å². The van der Waals surface area contributed by atoms with E-state index in [0.717, 1.165) is 29.1 Å². The highest BCUT2D eigenvalue weighted by Gasteiger charge is 2.73. The molecule has 0 saturated heterocycles. The second-order valence-corrected chi connectivity index (χ2v) is 9.22. The number of amides is 1. The number of hydrogen-bond donors (Lipinski definition) is 2. The molecular weight excluding hydrogens is 515 g/mol. The maximum absolute atomic E-state index is 13.9. The summed E-state index contributed by atoms with van der Waals surface area (Å²) in [6.07, 6.45) is -12.0. The van der Waals surface area contributed by atoms with Gasteiger partial charge >= 0.3 is 18.0 Å². The van der Waals surface area contributed by atoms with E-state index in [1.807, 2.05) is 13.8 Å². The van der Waals surface area contributed by atoms with Gasteiger partial charge in [0.15, 0.2) is 5.13 Å². The number of carbonyl (C=O) groups excluding carboxylic acids is 1. The van der Waals surface area contributed by atoms with Crippen molar-refractivity contribution in [3.05, 3.63) is 57.6 Å². The molecule has 2 N–H and O–H groups in total. The van der Waals surface area contributed by atoms with Crippen molar-refractivity contribution in [3.63, 3.8) is 0 Å². The van der Waals surface area contributed by atoms with E-state index >= 15 is 0 Å². The van der Waals surface area contributed by atoms with E-state index in [0.29, 0.717) is 16.0 Å². The van der Waals surface area contributed by atoms with Gasteiger partial charge in [0.1, 0.15) is 0 Å². The number of carbonyl (C=O) groups is 1. The maximum atomic E-state index is 13.9. The van der Waals surface area contributed by atoms with Gasteiger partial charge in [-0.15, -0.1) is 0 Å². The van der Waals surface area contributed by atoms with Crippen LogP contribution in [0.1, 0.15) is 35.7 Å². The Kier molecular flexibility index (Phi) is 6.80. The number of nitrogens with zero attached hydrogens (tertiary/aromatic N) is 1. The standard InChI is InChI=1S/C20H15Cl2F6N3OS/c1-9(2)10-3-6-14-15(7-10)33-17(29-14)31-18(19(23,24)25,20(26,27)28)30-16(32)12-5-4-11(21)8-13(12)22/h3-9H,1-2H3,(H,29,31)(H,30,32). The third-order valence-corrected chi connectivity index (χ3v) is 6.18. The lowest BCUT2D eigenvalue weighted by atomic mass is 10.0. The van der Waals surface area contributed by atoms with Crippen molar-refractivity contribution in [2.24, 2.45) is 0 Å². The van der Waals surface area contributed by atoms with Crippen molar-refractivity contribution in [1.29, 1.82) is 0 Å². The van der Waals surface area contributed by atoms with E-state index in [-0.39, 0.29) is 16.5 Å². The molecule has 0 bridgehead atoms. The monoisotopic (exact) mass is 529 g/mol. The molecule has 1 aromatic heterocycles. The average Bonchev–Trinajstić information content (AvgIpc) is 3.06. The Bertz CT molecular complexity index is 1180. The van der Waals surface area contributed by atoms with Gasteiger partial charge in [0, 0.05) is 5.02 Å². The molecule has 0 aliphatic rings. The number of benzene rings is 2. The molecule has 3 aromatic rings. The third kappa shape index (κ3) is 4.99. The first-order valence-corrected chi connectivity index (χ1v) is 10.8. The lowest BCUT2D eigenvalue weighted by Gasteiger charge is -2.38. The van der Waals surface area contributed by atoms with Crippen LogP contribution in [0.25, 0.3) is 10.2 Å². The van der Waals surface area contributed by atoms with Gasteiger partial charge in [0.25, 0.3) is 5.91 Å². The number of nitrogens with one attached hydrogen (secondary N) is 2. The van der Waals surface area contributed by atoms with Crippen molar-refractivity contribution in [1.82, 2.24) is 10.3 Å². The Balaban J connectivity index is 2.08. The van der Waals surface area contributed by atoms with Crippen LogP contribution in [0.15, 0.2) is 36.4 Å². The Hall–Kier alpha value is -2.24. The van der Waals surface area contributed by atoms with Crippen LogP contribution in [0.5, 0.6) is 0 Å². The highest BCUT2D eigenvalue weighted by Crippen LogP contribution is 2.45. The molecule has 178 valence electrons. The summed E-state index contributed by atoms with van der Waals surface area (Å²) in [5, 5.41) is 1.40. The minimum atomic E-state index is -6.00. The zero-order valence-corrected chi connectivity index (χ0v) is 19.2. The number of anilines is 1. The van der Waals surface area contributed by atoms with Crippen molar-refractivity contribution in [2.75, 3.05) is 5.32 Å². The summed E-state index contributed by atoms with van der Waals surface area (Å²) in [6.45, 7) is 3.77. The second-order valence-electron chi connectivity index (χ2n) is 7.35. The van der Waals surface area contributed by atoms with E-state index < -0.39 is 39.6 Å². The number of halogens is 8. The molecule has 0 fully saturated rings. The smallest absolute Gasteiger partial charge is 0.324 e. The van der Waals surface area contributed by atoms with Gasteiger partial charge in [0.05, 0.1) is 20.8 Å². The fraction of sp³-hybridized carbons (Fsp3) is 0.300. The van der Waals surface area contributed by atoms with Crippen LogP contribution in [-0.2, 0) is 0 Å². The molecule has 0 aliphatic carbocycles. The van der Waals surface area contributed by atoms with Crippen LogP contribution < -0.4 is 10.6 Å². The zero-order chi connectivity index (χ0) is 24.8. The molecule has 0 spiro atoms. The molecule has 0 saturated carbocycles. The number of hydrogen-bond acceptors (Lipinski definition) is 4. The number of rotatable bonds is 5. The van der Waals surface area contributed by atoms with E-state index in [4.69, 9.17) is 23.2 Å². The molecule has 2 aromatic carbocycles. The first-order valence-electron chi connectivity index (χ1n) is 9.24. The normalized spacial score (nSPS) is 12.9. The van der Waals surface area contributed by atoms with Crippen LogP contribution in [0, 0.1) is 0 Å². The number of thiazole rings is 1. The molecule has 0 aliphatic heterocycles. The van der Waals surface area contributed by atoms with Crippen LogP contribution >= 0.6 is 34.5 Å². The number of aromatic nitrogens is 1. The predicted molar refractivity (Wildman–Crippen MR) is 116 cm³/mol. The number of fused-ring (bicyclic) bond motifs is 1. The maximum Gasteiger partial charge on any atom is 0.439 e. The highest BCUT2D eigenvalue weighted by molar-refractivity contribution is 7.22. The molecule has 3 rings (SSSR count). The minimum absolute atomic E-state index is 0.0443. The predicted octanol–water partition coefficient (Wildman–Crippen LogP) is 7.39. The number of alkyl halides is 6. The molecule has 33 heavy (non-hydrogen) atoms.